The van der Waals surface area contributed by atoms with Gasteiger partial charge in [0.1, 0.15) is 17.8 Å². The van der Waals surface area contributed by atoms with Crippen molar-refractivity contribution >= 4 is 11.7 Å². The van der Waals surface area contributed by atoms with E-state index in [4.69, 9.17) is 0 Å². The molecule has 0 aliphatic heterocycles. The van der Waals surface area contributed by atoms with Gasteiger partial charge in [0.15, 0.2) is 0 Å². The van der Waals surface area contributed by atoms with Crippen molar-refractivity contribution in [2.45, 2.75) is 32.9 Å². The average Bonchev–Trinajstić information content (AvgIpc) is 2.47. The van der Waals surface area contributed by atoms with E-state index in [0.29, 0.717) is 11.5 Å². The van der Waals surface area contributed by atoms with Gasteiger partial charge < -0.3 is 10.6 Å². The van der Waals surface area contributed by atoms with Crippen molar-refractivity contribution in [1.29, 1.82) is 0 Å². The van der Waals surface area contributed by atoms with Gasteiger partial charge in [-0.3, -0.25) is 4.79 Å². The summed E-state index contributed by atoms with van der Waals surface area (Å²) in [6, 6.07) is 11.9. The van der Waals surface area contributed by atoms with Gasteiger partial charge in [0.25, 0.3) is 5.91 Å². The lowest BCUT2D eigenvalue weighted by Gasteiger charge is -2.15. The lowest BCUT2D eigenvalue weighted by Crippen LogP contribution is -2.30. The normalized spacial score (nSPS) is 12.0. The van der Waals surface area contributed by atoms with E-state index in [1.54, 1.807) is 6.07 Å². The minimum atomic E-state index is -0.192. The second-order valence-electron chi connectivity index (χ2n) is 5.19. The summed E-state index contributed by atoms with van der Waals surface area (Å²) in [6.07, 6.45) is 1.40. The van der Waals surface area contributed by atoms with Gasteiger partial charge in [-0.1, -0.05) is 30.3 Å². The van der Waals surface area contributed by atoms with Crippen LogP contribution in [0, 0.1) is 0 Å². The molecule has 2 rings (SSSR count). The van der Waals surface area contributed by atoms with Crippen molar-refractivity contribution in [3.63, 3.8) is 0 Å². The van der Waals surface area contributed by atoms with Crippen LogP contribution in [0.1, 0.15) is 42.9 Å². The van der Waals surface area contributed by atoms with Crippen LogP contribution >= 0.6 is 0 Å². The largest absolute Gasteiger partial charge is 0.363 e. The number of hydrogen-bond donors (Lipinski definition) is 2. The number of nitrogens with zero attached hydrogens (tertiary/aromatic N) is 2. The molecule has 0 aliphatic rings. The van der Waals surface area contributed by atoms with Crippen LogP contribution < -0.4 is 10.6 Å². The molecule has 1 unspecified atom stereocenters. The van der Waals surface area contributed by atoms with E-state index in [0.717, 1.165) is 5.56 Å². The van der Waals surface area contributed by atoms with Gasteiger partial charge in [-0.15, -0.1) is 0 Å². The van der Waals surface area contributed by atoms with Crippen LogP contribution in [0.4, 0.5) is 5.82 Å². The summed E-state index contributed by atoms with van der Waals surface area (Å²) >= 11 is 0. The highest BCUT2D eigenvalue weighted by atomic mass is 16.1. The van der Waals surface area contributed by atoms with Gasteiger partial charge in [-0.25, -0.2) is 9.97 Å². The van der Waals surface area contributed by atoms with Crippen LogP contribution in [-0.4, -0.2) is 21.9 Å². The molecule has 0 saturated carbocycles. The van der Waals surface area contributed by atoms with Crippen LogP contribution in [0.5, 0.6) is 0 Å². The molecule has 1 aromatic carbocycles. The van der Waals surface area contributed by atoms with Gasteiger partial charge in [0.05, 0.1) is 0 Å². The van der Waals surface area contributed by atoms with Gasteiger partial charge in [0, 0.05) is 18.2 Å². The van der Waals surface area contributed by atoms with E-state index in [9.17, 15) is 4.79 Å². The van der Waals surface area contributed by atoms with Crippen molar-refractivity contribution in [3.05, 3.63) is 54.0 Å². The molecule has 0 fully saturated rings. The molecule has 5 heteroatoms. The first-order valence-electron chi connectivity index (χ1n) is 7.00. The van der Waals surface area contributed by atoms with Gasteiger partial charge in [-0.2, -0.15) is 0 Å². The molecule has 5 nitrogen and oxygen atoms in total. The van der Waals surface area contributed by atoms with Crippen LogP contribution in [0.2, 0.25) is 0 Å². The van der Waals surface area contributed by atoms with Crippen molar-refractivity contribution in [3.8, 4) is 0 Å². The Balaban J connectivity index is 2.09. The third-order valence-corrected chi connectivity index (χ3v) is 2.98. The summed E-state index contributed by atoms with van der Waals surface area (Å²) in [5.41, 5.74) is 1.52. The predicted molar refractivity (Wildman–Crippen MR) is 83.1 cm³/mol. The number of carbonyl (C=O) groups excluding carboxylic acids is 1. The van der Waals surface area contributed by atoms with Crippen LogP contribution in [-0.2, 0) is 0 Å². The minimum Gasteiger partial charge on any atom is -0.363 e. The smallest absolute Gasteiger partial charge is 0.270 e. The molecule has 21 heavy (non-hydrogen) atoms. The molecule has 2 N–H and O–H groups in total. The number of amides is 1. The zero-order chi connectivity index (χ0) is 15.2. The van der Waals surface area contributed by atoms with Gasteiger partial charge >= 0.3 is 0 Å². The summed E-state index contributed by atoms with van der Waals surface area (Å²) in [6.45, 7) is 5.87. The lowest BCUT2D eigenvalue weighted by atomic mass is 10.1. The molecule has 1 amide bonds. The molecule has 1 atom stereocenters. The number of hydrogen-bond acceptors (Lipinski definition) is 4. The van der Waals surface area contributed by atoms with Crippen LogP contribution in [0.25, 0.3) is 0 Å². The molecule has 0 spiro atoms. The number of rotatable bonds is 5. The number of nitrogens with one attached hydrogen (secondary N) is 2. The molecular formula is C16H20N4O. The minimum absolute atomic E-state index is 0.0760. The van der Waals surface area contributed by atoms with Crippen molar-refractivity contribution < 1.29 is 4.79 Å². The Labute approximate surface area is 124 Å². The molecule has 0 saturated heterocycles. The average molecular weight is 284 g/mol. The Morgan fingerprint density at radius 2 is 1.81 bits per heavy atom. The van der Waals surface area contributed by atoms with Crippen molar-refractivity contribution in [1.82, 2.24) is 15.3 Å². The number of carbonyl (C=O) groups is 1. The quantitative estimate of drug-likeness (QED) is 0.886. The maximum absolute atomic E-state index is 11.9. The fourth-order valence-electron chi connectivity index (χ4n) is 1.94. The van der Waals surface area contributed by atoms with Crippen molar-refractivity contribution in [2.75, 3.05) is 5.32 Å². The maximum atomic E-state index is 11.9. The molecule has 1 heterocycles. The fraction of sp³-hybridized carbons (Fsp3) is 0.312. The number of aromatic nitrogens is 2. The Hall–Kier alpha value is -2.43. The Kier molecular flexibility index (Phi) is 4.87. The predicted octanol–water partition coefficient (Wildman–Crippen LogP) is 2.79. The molecule has 0 aliphatic carbocycles. The summed E-state index contributed by atoms with van der Waals surface area (Å²) in [5, 5.41) is 6.09. The van der Waals surface area contributed by atoms with E-state index >= 15 is 0 Å². The van der Waals surface area contributed by atoms with E-state index in [1.807, 2.05) is 51.1 Å². The molecule has 2 aromatic rings. The first kappa shape index (κ1) is 15.0. The molecule has 1 aromatic heterocycles. The Morgan fingerprint density at radius 3 is 2.48 bits per heavy atom. The SMILES string of the molecule is CC(C)NC(=O)c1cc(NC(C)c2ccccc2)ncn1. The van der Waals surface area contributed by atoms with Crippen molar-refractivity contribution in [2.24, 2.45) is 0 Å². The summed E-state index contributed by atoms with van der Waals surface area (Å²) in [7, 11) is 0. The fourth-order valence-corrected chi connectivity index (χ4v) is 1.94. The highest BCUT2D eigenvalue weighted by Gasteiger charge is 2.11. The summed E-state index contributed by atoms with van der Waals surface area (Å²) < 4.78 is 0. The van der Waals surface area contributed by atoms with E-state index in [1.165, 1.54) is 6.33 Å². The topological polar surface area (TPSA) is 66.9 Å². The Morgan fingerprint density at radius 1 is 1.10 bits per heavy atom. The lowest BCUT2D eigenvalue weighted by molar-refractivity contribution is 0.0938. The third kappa shape index (κ3) is 4.27. The molecule has 0 radical (unpaired) electrons. The monoisotopic (exact) mass is 284 g/mol. The number of anilines is 1. The second-order valence-corrected chi connectivity index (χ2v) is 5.19. The van der Waals surface area contributed by atoms with Gasteiger partial charge in [-0.05, 0) is 26.3 Å². The highest BCUT2D eigenvalue weighted by Crippen LogP contribution is 2.17. The summed E-state index contributed by atoms with van der Waals surface area (Å²) in [5.74, 6) is 0.443. The van der Waals surface area contributed by atoms with Crippen LogP contribution in [0.3, 0.4) is 0 Å². The standard InChI is InChI=1S/C16H20N4O/c1-11(2)19-16(21)14-9-15(18-10-17-14)20-12(3)13-7-5-4-6-8-13/h4-12H,1-3H3,(H,19,21)(H,17,18,20). The maximum Gasteiger partial charge on any atom is 0.270 e. The van der Waals surface area contributed by atoms with E-state index < -0.39 is 0 Å². The zero-order valence-corrected chi connectivity index (χ0v) is 12.5. The van der Waals surface area contributed by atoms with Crippen LogP contribution in [0.15, 0.2) is 42.7 Å². The Bertz CT molecular complexity index is 598. The van der Waals surface area contributed by atoms with E-state index in [2.05, 4.69) is 20.6 Å². The second kappa shape index (κ2) is 6.83. The third-order valence-electron chi connectivity index (χ3n) is 2.98. The molecular weight excluding hydrogens is 264 g/mol. The number of benzene rings is 1. The molecule has 110 valence electrons. The molecule has 0 bridgehead atoms. The van der Waals surface area contributed by atoms with E-state index in [-0.39, 0.29) is 18.0 Å². The summed E-state index contributed by atoms with van der Waals surface area (Å²) in [4.78, 5) is 20.1. The highest BCUT2D eigenvalue weighted by molar-refractivity contribution is 5.92. The first-order chi connectivity index (χ1) is 10.1. The zero-order valence-electron chi connectivity index (χ0n) is 12.5. The van der Waals surface area contributed by atoms with Gasteiger partial charge in [0.2, 0.25) is 0 Å². The first-order valence-corrected chi connectivity index (χ1v) is 7.00.